The predicted molar refractivity (Wildman–Crippen MR) is 70.2 cm³/mol. The molecule has 0 unspecified atom stereocenters. The predicted octanol–water partition coefficient (Wildman–Crippen LogP) is -3.18. The fraction of sp³-hybridized carbons (Fsp3) is 0. The topological polar surface area (TPSA) is 161 Å². The minimum absolute atomic E-state index is 0. The first-order chi connectivity index (χ1) is 11.2. The Morgan fingerprint density at radius 3 is 0.640 bits per heavy atom. The molecular weight excluding hydrogens is 504 g/mol. The molecule has 0 saturated carbocycles. The molecule has 0 aliphatic heterocycles. The zero-order valence-electron chi connectivity index (χ0n) is 12.3. The summed E-state index contributed by atoms with van der Waals surface area (Å²) in [4.78, 5) is 40.8. The van der Waals surface area contributed by atoms with Crippen LogP contribution in [-0.4, -0.2) is 23.9 Å². The number of hydrogen-bond donors (Lipinski definition) is 0. The van der Waals surface area contributed by atoms with Crippen molar-refractivity contribution in [2.45, 2.75) is 0 Å². The molecule has 9 heteroatoms. The molecular formula is C16H8O8W-4. The largest absolute Gasteiger partial charge is 0.545 e. The van der Waals surface area contributed by atoms with Gasteiger partial charge < -0.3 is 39.6 Å². The average molecular weight is 512 g/mol. The molecule has 2 aromatic rings. The Bertz CT molecular complexity index is 632. The van der Waals surface area contributed by atoms with Crippen molar-refractivity contribution in [2.24, 2.45) is 0 Å². The van der Waals surface area contributed by atoms with Gasteiger partial charge in [0.2, 0.25) is 0 Å². The number of carbonyl (C=O) groups excluding carboxylic acids is 4. The number of carboxylic acid groups (broad SMARTS) is 4. The van der Waals surface area contributed by atoms with E-state index in [-0.39, 0.29) is 43.3 Å². The summed E-state index contributed by atoms with van der Waals surface area (Å²) in [6, 6.07) is 9.23. The molecule has 130 valence electrons. The quantitative estimate of drug-likeness (QED) is 0.415. The monoisotopic (exact) mass is 512 g/mol. The van der Waals surface area contributed by atoms with Crippen LogP contribution < -0.4 is 20.4 Å². The molecule has 0 saturated heterocycles. The van der Waals surface area contributed by atoms with Crippen molar-refractivity contribution >= 4 is 23.9 Å². The van der Waals surface area contributed by atoms with Gasteiger partial charge in [0, 0.05) is 21.1 Å². The molecule has 0 N–H and O–H groups in total. The van der Waals surface area contributed by atoms with Gasteiger partial charge in [-0.2, -0.15) is 0 Å². The SMILES string of the molecule is O=C([O-])c1ccc(C(=O)[O-])cc1.O=C([O-])c1ccc(C(=O)[O-])cc1.[W]. The fourth-order valence-electron chi connectivity index (χ4n) is 1.48. The van der Waals surface area contributed by atoms with E-state index < -0.39 is 23.9 Å². The van der Waals surface area contributed by atoms with Crippen LogP contribution in [0.4, 0.5) is 0 Å². The van der Waals surface area contributed by atoms with Crippen LogP contribution in [0.25, 0.3) is 0 Å². The average Bonchev–Trinajstić information content (AvgIpc) is 2.55. The van der Waals surface area contributed by atoms with E-state index in [4.69, 9.17) is 0 Å². The van der Waals surface area contributed by atoms with E-state index >= 15 is 0 Å². The molecule has 0 heterocycles. The maximum atomic E-state index is 10.2. The van der Waals surface area contributed by atoms with Crippen molar-refractivity contribution in [1.82, 2.24) is 0 Å². The third-order valence-electron chi connectivity index (χ3n) is 2.71. The molecule has 0 aromatic heterocycles. The van der Waals surface area contributed by atoms with Gasteiger partial charge in [0.15, 0.2) is 0 Å². The number of aromatic carboxylic acids is 4. The van der Waals surface area contributed by atoms with E-state index in [0.29, 0.717) is 0 Å². The Balaban J connectivity index is 0.000000443. The fourth-order valence-corrected chi connectivity index (χ4v) is 1.48. The van der Waals surface area contributed by atoms with Crippen molar-refractivity contribution in [2.75, 3.05) is 0 Å². The first kappa shape index (κ1) is 22.0. The van der Waals surface area contributed by atoms with Gasteiger partial charge >= 0.3 is 0 Å². The van der Waals surface area contributed by atoms with Gasteiger partial charge in [-0.25, -0.2) is 0 Å². The van der Waals surface area contributed by atoms with Crippen molar-refractivity contribution in [3.8, 4) is 0 Å². The van der Waals surface area contributed by atoms with E-state index in [1.54, 1.807) is 0 Å². The summed E-state index contributed by atoms with van der Waals surface area (Å²) in [6.07, 6.45) is 0. The van der Waals surface area contributed by atoms with Crippen LogP contribution in [0.2, 0.25) is 0 Å². The minimum atomic E-state index is -1.33. The van der Waals surface area contributed by atoms with Gasteiger partial charge in [-0.1, -0.05) is 48.5 Å². The molecule has 0 aliphatic carbocycles. The number of benzene rings is 2. The molecule has 0 spiro atoms. The first-order valence-electron chi connectivity index (χ1n) is 6.28. The minimum Gasteiger partial charge on any atom is -0.545 e. The van der Waals surface area contributed by atoms with Crippen LogP contribution in [0.1, 0.15) is 41.4 Å². The molecule has 0 aliphatic rings. The number of carboxylic acids is 4. The molecule has 25 heavy (non-hydrogen) atoms. The van der Waals surface area contributed by atoms with Gasteiger partial charge in [-0.3, -0.25) is 0 Å². The second-order valence-corrected chi connectivity index (χ2v) is 4.30. The summed E-state index contributed by atoms with van der Waals surface area (Å²) in [5.41, 5.74) is -0.222. The second kappa shape index (κ2) is 9.99. The van der Waals surface area contributed by atoms with E-state index in [1.165, 1.54) is 0 Å². The molecule has 0 bridgehead atoms. The Morgan fingerprint density at radius 1 is 0.440 bits per heavy atom. The maximum Gasteiger partial charge on any atom is 0.0715 e. The van der Waals surface area contributed by atoms with E-state index in [0.717, 1.165) is 48.5 Å². The molecule has 0 amide bonds. The van der Waals surface area contributed by atoms with E-state index in [9.17, 15) is 39.6 Å². The summed E-state index contributed by atoms with van der Waals surface area (Å²) in [7, 11) is 0. The van der Waals surface area contributed by atoms with Crippen LogP contribution in [0.5, 0.6) is 0 Å². The van der Waals surface area contributed by atoms with Crippen LogP contribution in [0.3, 0.4) is 0 Å². The van der Waals surface area contributed by atoms with Crippen molar-refractivity contribution in [3.05, 3.63) is 70.8 Å². The summed E-state index contributed by atoms with van der Waals surface area (Å²) in [5.74, 6) is -5.33. The van der Waals surface area contributed by atoms with Crippen molar-refractivity contribution in [3.63, 3.8) is 0 Å². The summed E-state index contributed by atoms with van der Waals surface area (Å²) in [5, 5.41) is 40.8. The summed E-state index contributed by atoms with van der Waals surface area (Å²) in [6.45, 7) is 0. The van der Waals surface area contributed by atoms with Crippen molar-refractivity contribution < 1.29 is 60.7 Å². The smallest absolute Gasteiger partial charge is 0.0715 e. The molecule has 0 fully saturated rings. The third kappa shape index (κ3) is 6.97. The molecule has 2 aromatic carbocycles. The molecule has 2 rings (SSSR count). The molecule has 8 nitrogen and oxygen atoms in total. The van der Waals surface area contributed by atoms with E-state index in [2.05, 4.69) is 0 Å². The zero-order valence-corrected chi connectivity index (χ0v) is 15.2. The number of carbonyl (C=O) groups is 4. The Hall–Kier alpha value is -2.99. The van der Waals surface area contributed by atoms with Gasteiger partial charge in [0.05, 0.1) is 23.9 Å². The first-order valence-corrected chi connectivity index (χ1v) is 6.28. The Kier molecular flexibility index (Phi) is 8.80. The second-order valence-electron chi connectivity index (χ2n) is 4.30. The van der Waals surface area contributed by atoms with Crippen LogP contribution in [-0.2, 0) is 21.1 Å². The Labute approximate surface area is 155 Å². The van der Waals surface area contributed by atoms with Gasteiger partial charge in [0.1, 0.15) is 0 Å². The van der Waals surface area contributed by atoms with Gasteiger partial charge in [-0.15, -0.1) is 0 Å². The molecule has 0 atom stereocenters. The van der Waals surface area contributed by atoms with Gasteiger partial charge in [-0.05, 0) is 22.3 Å². The summed E-state index contributed by atoms with van der Waals surface area (Å²) >= 11 is 0. The van der Waals surface area contributed by atoms with Crippen LogP contribution in [0.15, 0.2) is 48.5 Å². The van der Waals surface area contributed by atoms with Crippen LogP contribution in [0, 0.1) is 0 Å². The maximum absolute atomic E-state index is 10.2. The van der Waals surface area contributed by atoms with Crippen LogP contribution >= 0.6 is 0 Å². The van der Waals surface area contributed by atoms with Gasteiger partial charge in [0.25, 0.3) is 0 Å². The molecule has 0 radical (unpaired) electrons. The third-order valence-corrected chi connectivity index (χ3v) is 2.71. The van der Waals surface area contributed by atoms with Crippen molar-refractivity contribution in [1.29, 1.82) is 0 Å². The number of hydrogen-bond acceptors (Lipinski definition) is 8. The summed E-state index contributed by atoms with van der Waals surface area (Å²) < 4.78 is 0. The number of rotatable bonds is 4. The normalized spacial score (nSPS) is 8.96. The zero-order chi connectivity index (χ0) is 18.3. The van der Waals surface area contributed by atoms with E-state index in [1.807, 2.05) is 0 Å². The Morgan fingerprint density at radius 2 is 0.560 bits per heavy atom. The standard InChI is InChI=1S/2C8H6O4.W/c2*9-7(10)5-1-2-6(4-3-5)8(11)12;/h2*1-4H,(H,9,10)(H,11,12);/p-4.